The van der Waals surface area contributed by atoms with Gasteiger partial charge in [-0.2, -0.15) is 0 Å². The van der Waals surface area contributed by atoms with Crippen molar-refractivity contribution in [1.82, 2.24) is 15.3 Å². The molecule has 0 radical (unpaired) electrons. The normalized spacial score (nSPS) is 10.9. The molecule has 0 bridgehead atoms. The van der Waals surface area contributed by atoms with E-state index in [-0.39, 0.29) is 0 Å². The summed E-state index contributed by atoms with van der Waals surface area (Å²) in [4.78, 5) is 10.7. The summed E-state index contributed by atoms with van der Waals surface area (Å²) < 4.78 is 5.31. The van der Waals surface area contributed by atoms with Crippen LogP contribution in [0.25, 0.3) is 0 Å². The molecule has 0 unspecified atom stereocenters. The Morgan fingerprint density at radius 3 is 2.63 bits per heavy atom. The monoisotopic (exact) mass is 260 g/mol. The van der Waals surface area contributed by atoms with Crippen LogP contribution in [0, 0.1) is 0 Å². The minimum Gasteiger partial charge on any atom is -0.467 e. The van der Waals surface area contributed by atoms with E-state index in [0.717, 1.165) is 17.9 Å². The van der Waals surface area contributed by atoms with E-state index in [4.69, 9.17) is 4.42 Å². The average Bonchev–Trinajstić information content (AvgIpc) is 2.89. The third-order valence-electron chi connectivity index (χ3n) is 2.72. The minimum absolute atomic E-state index is 0.460. The van der Waals surface area contributed by atoms with Crippen molar-refractivity contribution in [3.63, 3.8) is 0 Å². The minimum atomic E-state index is 0.460. The SMILES string of the molecule is CC(C)NCc1cnc(N(C)Cc2ccco2)nc1. The first-order valence-electron chi connectivity index (χ1n) is 6.43. The van der Waals surface area contributed by atoms with Crippen LogP contribution in [-0.2, 0) is 13.1 Å². The Labute approximate surface area is 113 Å². The van der Waals surface area contributed by atoms with Gasteiger partial charge < -0.3 is 14.6 Å². The summed E-state index contributed by atoms with van der Waals surface area (Å²) in [6.45, 7) is 5.69. The first-order chi connectivity index (χ1) is 9.15. The molecule has 0 saturated carbocycles. The lowest BCUT2D eigenvalue weighted by Gasteiger charge is -2.15. The van der Waals surface area contributed by atoms with Crippen LogP contribution in [0.4, 0.5) is 5.95 Å². The van der Waals surface area contributed by atoms with Crippen LogP contribution >= 0.6 is 0 Å². The zero-order chi connectivity index (χ0) is 13.7. The largest absolute Gasteiger partial charge is 0.467 e. The van der Waals surface area contributed by atoms with Gasteiger partial charge in [0.2, 0.25) is 5.95 Å². The van der Waals surface area contributed by atoms with Crippen molar-refractivity contribution in [3.8, 4) is 0 Å². The van der Waals surface area contributed by atoms with Crippen molar-refractivity contribution in [2.45, 2.75) is 33.0 Å². The van der Waals surface area contributed by atoms with Gasteiger partial charge in [0.05, 0.1) is 12.8 Å². The maximum Gasteiger partial charge on any atom is 0.225 e. The number of furan rings is 1. The molecule has 19 heavy (non-hydrogen) atoms. The highest BCUT2D eigenvalue weighted by atomic mass is 16.3. The van der Waals surface area contributed by atoms with Gasteiger partial charge >= 0.3 is 0 Å². The van der Waals surface area contributed by atoms with E-state index in [0.29, 0.717) is 18.5 Å². The van der Waals surface area contributed by atoms with Gasteiger partial charge in [-0.05, 0) is 12.1 Å². The zero-order valence-corrected chi connectivity index (χ0v) is 11.6. The second-order valence-corrected chi connectivity index (χ2v) is 4.86. The molecule has 0 aromatic carbocycles. The lowest BCUT2D eigenvalue weighted by Crippen LogP contribution is -2.22. The average molecular weight is 260 g/mol. The van der Waals surface area contributed by atoms with Crippen LogP contribution in [0.1, 0.15) is 25.2 Å². The van der Waals surface area contributed by atoms with Gasteiger partial charge in [0, 0.05) is 37.6 Å². The number of hydrogen-bond donors (Lipinski definition) is 1. The third-order valence-corrected chi connectivity index (χ3v) is 2.72. The smallest absolute Gasteiger partial charge is 0.225 e. The van der Waals surface area contributed by atoms with Crippen molar-refractivity contribution in [3.05, 3.63) is 42.1 Å². The summed E-state index contributed by atoms with van der Waals surface area (Å²) in [5.74, 6) is 1.60. The van der Waals surface area contributed by atoms with E-state index in [1.165, 1.54) is 0 Å². The molecule has 0 spiro atoms. The number of rotatable bonds is 6. The molecule has 2 aromatic heterocycles. The van der Waals surface area contributed by atoms with Crippen LogP contribution in [0.5, 0.6) is 0 Å². The van der Waals surface area contributed by atoms with Gasteiger partial charge in [-0.3, -0.25) is 0 Å². The highest BCUT2D eigenvalue weighted by Gasteiger charge is 2.07. The second kappa shape index (κ2) is 6.33. The van der Waals surface area contributed by atoms with E-state index in [2.05, 4.69) is 29.1 Å². The Bertz CT molecular complexity index is 479. The maximum absolute atomic E-state index is 5.31. The molecule has 0 fully saturated rings. The molecule has 102 valence electrons. The first kappa shape index (κ1) is 13.5. The molecule has 2 rings (SSSR count). The summed E-state index contributed by atoms with van der Waals surface area (Å²) in [5, 5.41) is 3.34. The van der Waals surface area contributed by atoms with Crippen molar-refractivity contribution in [1.29, 1.82) is 0 Å². The second-order valence-electron chi connectivity index (χ2n) is 4.86. The van der Waals surface area contributed by atoms with E-state index >= 15 is 0 Å². The van der Waals surface area contributed by atoms with E-state index in [1.54, 1.807) is 6.26 Å². The molecule has 0 atom stereocenters. The molecule has 5 heteroatoms. The molecular weight excluding hydrogens is 240 g/mol. The van der Waals surface area contributed by atoms with Gasteiger partial charge in [-0.15, -0.1) is 0 Å². The molecule has 1 N–H and O–H groups in total. The molecule has 2 heterocycles. The number of hydrogen-bond acceptors (Lipinski definition) is 5. The summed E-state index contributed by atoms with van der Waals surface area (Å²) in [6.07, 6.45) is 5.39. The Balaban J connectivity index is 1.93. The fraction of sp³-hybridized carbons (Fsp3) is 0.429. The van der Waals surface area contributed by atoms with Crippen molar-refractivity contribution < 1.29 is 4.42 Å². The number of aromatic nitrogens is 2. The topological polar surface area (TPSA) is 54.2 Å². The van der Waals surface area contributed by atoms with E-state index in [9.17, 15) is 0 Å². The molecule has 5 nitrogen and oxygen atoms in total. The molecule has 0 aliphatic heterocycles. The number of anilines is 1. The van der Waals surface area contributed by atoms with Crippen LogP contribution in [0.3, 0.4) is 0 Å². The fourth-order valence-electron chi connectivity index (χ4n) is 1.67. The Morgan fingerprint density at radius 2 is 2.05 bits per heavy atom. The van der Waals surface area contributed by atoms with Crippen LogP contribution in [-0.4, -0.2) is 23.1 Å². The van der Waals surface area contributed by atoms with Gasteiger partial charge in [0.15, 0.2) is 0 Å². The molecule has 0 aliphatic rings. The van der Waals surface area contributed by atoms with Crippen LogP contribution in [0.15, 0.2) is 35.2 Å². The van der Waals surface area contributed by atoms with Crippen LogP contribution in [0.2, 0.25) is 0 Å². The first-order valence-corrected chi connectivity index (χ1v) is 6.43. The molecule has 0 aliphatic carbocycles. The molecule has 2 aromatic rings. The van der Waals surface area contributed by atoms with Gasteiger partial charge in [0.25, 0.3) is 0 Å². The molecule has 0 amide bonds. The Kier molecular flexibility index (Phi) is 4.52. The molecular formula is C14H20N4O. The summed E-state index contributed by atoms with van der Waals surface area (Å²) in [5.41, 5.74) is 1.09. The zero-order valence-electron chi connectivity index (χ0n) is 11.6. The maximum atomic E-state index is 5.31. The third kappa shape index (κ3) is 4.06. The predicted molar refractivity (Wildman–Crippen MR) is 74.8 cm³/mol. The number of nitrogens with zero attached hydrogens (tertiary/aromatic N) is 3. The quantitative estimate of drug-likeness (QED) is 0.863. The Morgan fingerprint density at radius 1 is 1.32 bits per heavy atom. The van der Waals surface area contributed by atoms with E-state index < -0.39 is 0 Å². The van der Waals surface area contributed by atoms with Crippen molar-refractivity contribution >= 4 is 5.95 Å². The highest BCUT2D eigenvalue weighted by Crippen LogP contribution is 2.10. The standard InChI is InChI=1S/C14H20N4O/c1-11(2)15-7-12-8-16-14(17-9-12)18(3)10-13-5-4-6-19-13/h4-6,8-9,11,15H,7,10H2,1-3H3. The van der Waals surface area contributed by atoms with Crippen molar-refractivity contribution in [2.24, 2.45) is 0 Å². The lowest BCUT2D eigenvalue weighted by molar-refractivity contribution is 0.506. The van der Waals surface area contributed by atoms with E-state index in [1.807, 2.05) is 36.5 Å². The van der Waals surface area contributed by atoms with Gasteiger partial charge in [-0.25, -0.2) is 9.97 Å². The lowest BCUT2D eigenvalue weighted by atomic mass is 10.3. The highest BCUT2D eigenvalue weighted by molar-refractivity contribution is 5.29. The van der Waals surface area contributed by atoms with Crippen LogP contribution < -0.4 is 10.2 Å². The summed E-state index contributed by atoms with van der Waals surface area (Å²) in [6, 6.07) is 4.28. The molecule has 0 saturated heterocycles. The summed E-state index contributed by atoms with van der Waals surface area (Å²) in [7, 11) is 1.95. The number of nitrogens with one attached hydrogen (secondary N) is 1. The Hall–Kier alpha value is -1.88. The van der Waals surface area contributed by atoms with Gasteiger partial charge in [0.1, 0.15) is 5.76 Å². The summed E-state index contributed by atoms with van der Waals surface area (Å²) >= 11 is 0. The fourth-order valence-corrected chi connectivity index (χ4v) is 1.67. The van der Waals surface area contributed by atoms with Crippen molar-refractivity contribution in [2.75, 3.05) is 11.9 Å². The van der Waals surface area contributed by atoms with Gasteiger partial charge in [-0.1, -0.05) is 13.8 Å². The predicted octanol–water partition coefficient (Wildman–Crippen LogP) is 2.20.